The van der Waals surface area contributed by atoms with E-state index in [9.17, 15) is 33.9 Å². The number of aliphatic hydroxyl groups is 1. The average Bonchev–Trinajstić information content (AvgIpc) is 3.69. The highest BCUT2D eigenvalue weighted by Gasteiger charge is 2.81. The van der Waals surface area contributed by atoms with Crippen LogP contribution in [-0.2, 0) is 66.7 Å². The normalized spacial score (nSPS) is 41.3. The summed E-state index contributed by atoms with van der Waals surface area (Å²) < 4.78 is 46.1. The van der Waals surface area contributed by atoms with Crippen LogP contribution in [0.1, 0.15) is 48.5 Å². The Balaban J connectivity index is 2.17. The Morgan fingerprint density at radius 2 is 1.39 bits per heavy atom. The van der Waals surface area contributed by atoms with Gasteiger partial charge in [-0.3, -0.25) is 28.8 Å². The van der Waals surface area contributed by atoms with Gasteiger partial charge in [-0.05, 0) is 24.6 Å². The molecule has 15 nitrogen and oxygen atoms in total. The van der Waals surface area contributed by atoms with Crippen LogP contribution in [0.3, 0.4) is 0 Å². The topological polar surface area (TPSA) is 200 Å². The number of hydrogen-bond donors (Lipinski definition) is 1. The van der Waals surface area contributed by atoms with Gasteiger partial charge < -0.3 is 43.0 Å². The van der Waals surface area contributed by atoms with E-state index in [1.165, 1.54) is 39.2 Å². The van der Waals surface area contributed by atoms with Crippen molar-refractivity contribution < 1.29 is 71.8 Å². The quantitative estimate of drug-likeness (QED) is 0.226. The lowest BCUT2D eigenvalue weighted by Gasteiger charge is -2.59. The number of methoxy groups -OCH3 is 1. The molecule has 0 aromatic carbocycles. The summed E-state index contributed by atoms with van der Waals surface area (Å²) in [4.78, 5) is 76.5. The maximum Gasteiger partial charge on any atom is 0.312 e. The fourth-order valence-electron chi connectivity index (χ4n) is 7.27. The van der Waals surface area contributed by atoms with E-state index in [4.69, 9.17) is 37.9 Å². The molecule has 2 heterocycles. The van der Waals surface area contributed by atoms with Crippen molar-refractivity contribution in [3.8, 4) is 0 Å². The van der Waals surface area contributed by atoms with E-state index >= 15 is 0 Å². The third-order valence-corrected chi connectivity index (χ3v) is 9.12. The summed E-state index contributed by atoms with van der Waals surface area (Å²) in [5.74, 6) is -7.67. The Kier molecular flexibility index (Phi) is 9.72. The first-order valence-corrected chi connectivity index (χ1v) is 14.7. The minimum absolute atomic E-state index is 0.0504. The van der Waals surface area contributed by atoms with Crippen LogP contribution >= 0.6 is 0 Å². The number of fused-ring (bicyclic) bond motifs is 3. The van der Waals surface area contributed by atoms with Crippen molar-refractivity contribution in [3.63, 3.8) is 0 Å². The number of epoxide rings is 1. The van der Waals surface area contributed by atoms with Gasteiger partial charge in [0, 0.05) is 47.6 Å². The molecule has 1 N–H and O–H groups in total. The van der Waals surface area contributed by atoms with E-state index in [1.807, 2.05) is 0 Å². The Morgan fingerprint density at radius 1 is 0.870 bits per heavy atom. The van der Waals surface area contributed by atoms with Crippen molar-refractivity contribution in [2.75, 3.05) is 20.3 Å². The zero-order chi connectivity index (χ0) is 34.4. The number of hydrogen-bond acceptors (Lipinski definition) is 15. The minimum Gasteiger partial charge on any atom is -0.459 e. The molecule has 1 spiro atoms. The van der Waals surface area contributed by atoms with Gasteiger partial charge in [0.15, 0.2) is 30.0 Å². The Hall–Kier alpha value is -3.82. The zero-order valence-corrected chi connectivity index (χ0v) is 26.9. The van der Waals surface area contributed by atoms with Crippen LogP contribution in [0, 0.1) is 17.3 Å². The average molecular weight is 653 g/mol. The van der Waals surface area contributed by atoms with Gasteiger partial charge >= 0.3 is 35.8 Å². The van der Waals surface area contributed by atoms with Gasteiger partial charge in [0.1, 0.15) is 17.8 Å². The highest BCUT2D eigenvalue weighted by Crippen LogP contribution is 2.63. The fourth-order valence-corrected chi connectivity index (χ4v) is 7.27. The van der Waals surface area contributed by atoms with Gasteiger partial charge in [-0.1, -0.05) is 13.0 Å². The standard InChI is InChI=1S/C31H40O15/c1-14-28(37)46-22-11-20(12-39-8)9-10-21(41-15(2)32)29(7)24(27(31(14,22)38)45-19(6)36)30(13-40-30)26(44-18(5)35)23(42-16(3)33)25(29)43-17(4)34/h9-11,14,21-27,38H,12-13H2,1-8H3/b10-9-,20-11+/t14?,21-,22?,23?,24?,25?,26?,27-,29-,30+,31?/m1/s1. The highest BCUT2D eigenvalue weighted by molar-refractivity contribution is 5.78. The Morgan fingerprint density at radius 3 is 1.89 bits per heavy atom. The van der Waals surface area contributed by atoms with Crippen LogP contribution < -0.4 is 0 Å². The van der Waals surface area contributed by atoms with E-state index in [0.717, 1.165) is 34.6 Å². The molecule has 2 aliphatic heterocycles. The molecule has 0 radical (unpaired) electrons. The van der Waals surface area contributed by atoms with Crippen LogP contribution in [0.25, 0.3) is 0 Å². The van der Waals surface area contributed by atoms with Crippen molar-refractivity contribution in [2.45, 2.75) is 96.3 Å². The molecule has 4 aliphatic rings. The number of carbonyl (C=O) groups is 6. The summed E-state index contributed by atoms with van der Waals surface area (Å²) in [6.45, 7) is 8.20. The minimum atomic E-state index is -2.33. The predicted octanol–water partition coefficient (Wildman–Crippen LogP) is 0.485. The second-order valence-corrected chi connectivity index (χ2v) is 12.3. The number of carbonyl (C=O) groups excluding carboxylic acids is 6. The molecule has 2 saturated heterocycles. The number of esters is 6. The smallest absolute Gasteiger partial charge is 0.312 e. The lowest BCUT2D eigenvalue weighted by Crippen LogP contribution is -2.76. The molecule has 15 heteroatoms. The molecule has 3 fully saturated rings. The van der Waals surface area contributed by atoms with Gasteiger partial charge in [-0.15, -0.1) is 0 Å². The van der Waals surface area contributed by atoms with Crippen molar-refractivity contribution in [3.05, 3.63) is 23.8 Å². The Labute approximate surface area is 265 Å². The summed E-state index contributed by atoms with van der Waals surface area (Å²) in [7, 11) is 1.41. The molecule has 4 rings (SSSR count). The van der Waals surface area contributed by atoms with Gasteiger partial charge in [0.2, 0.25) is 0 Å². The molecule has 254 valence electrons. The molecule has 0 aromatic heterocycles. The van der Waals surface area contributed by atoms with E-state index in [-0.39, 0.29) is 13.2 Å². The van der Waals surface area contributed by atoms with Crippen molar-refractivity contribution >= 4 is 35.8 Å². The molecule has 0 aromatic rings. The first kappa shape index (κ1) is 35.0. The molecular weight excluding hydrogens is 612 g/mol. The molecule has 2 aliphatic carbocycles. The summed E-state index contributed by atoms with van der Waals surface area (Å²) >= 11 is 0. The summed E-state index contributed by atoms with van der Waals surface area (Å²) in [5, 5.41) is 12.7. The van der Waals surface area contributed by atoms with Crippen molar-refractivity contribution in [2.24, 2.45) is 17.3 Å². The number of rotatable bonds is 7. The van der Waals surface area contributed by atoms with Crippen LogP contribution in [0.2, 0.25) is 0 Å². The molecule has 0 amide bonds. The maximum atomic E-state index is 13.2. The van der Waals surface area contributed by atoms with Gasteiger partial charge in [0.05, 0.1) is 24.5 Å². The predicted molar refractivity (Wildman–Crippen MR) is 151 cm³/mol. The largest absolute Gasteiger partial charge is 0.459 e. The van der Waals surface area contributed by atoms with Gasteiger partial charge in [0.25, 0.3) is 0 Å². The highest BCUT2D eigenvalue weighted by atomic mass is 16.7. The molecule has 46 heavy (non-hydrogen) atoms. The first-order valence-electron chi connectivity index (χ1n) is 14.7. The van der Waals surface area contributed by atoms with Crippen LogP contribution in [-0.4, -0.2) is 109 Å². The fraction of sp³-hybridized carbons (Fsp3) is 0.677. The lowest BCUT2D eigenvalue weighted by molar-refractivity contribution is -0.279. The maximum absolute atomic E-state index is 13.2. The van der Waals surface area contributed by atoms with E-state index in [2.05, 4.69) is 0 Å². The third kappa shape index (κ3) is 6.02. The monoisotopic (exact) mass is 652 g/mol. The second-order valence-electron chi connectivity index (χ2n) is 12.3. The first-order chi connectivity index (χ1) is 21.4. The van der Waals surface area contributed by atoms with E-state index in [1.54, 1.807) is 0 Å². The van der Waals surface area contributed by atoms with Crippen molar-refractivity contribution in [1.82, 2.24) is 0 Å². The summed E-state index contributed by atoms with van der Waals surface area (Å²) in [5.41, 5.74) is -5.45. The second kappa shape index (κ2) is 12.8. The molecule has 7 unspecified atom stereocenters. The lowest BCUT2D eigenvalue weighted by atomic mass is 9.51. The van der Waals surface area contributed by atoms with Crippen LogP contribution in [0.15, 0.2) is 23.8 Å². The van der Waals surface area contributed by atoms with Gasteiger partial charge in [-0.25, -0.2) is 0 Å². The van der Waals surface area contributed by atoms with Gasteiger partial charge in [-0.2, -0.15) is 0 Å². The zero-order valence-electron chi connectivity index (χ0n) is 26.9. The number of ether oxygens (including phenoxy) is 8. The molecular formula is C31H40O15. The SMILES string of the molecule is COCC1=C/C2OC(=O)C(C)C2(O)[C@H](OC(C)=O)C2[C@@]3(CO3)C(OC(C)=O)C(OC(C)=O)C(OC(C)=O)[C@]2(C)[C@H](OC(C)=O)/C=C\1. The third-order valence-electron chi connectivity index (χ3n) is 9.12. The molecule has 11 atom stereocenters. The van der Waals surface area contributed by atoms with Crippen LogP contribution in [0.5, 0.6) is 0 Å². The van der Waals surface area contributed by atoms with Crippen molar-refractivity contribution in [1.29, 1.82) is 0 Å². The van der Waals surface area contributed by atoms with E-state index < -0.39 is 101 Å². The summed E-state index contributed by atoms with van der Waals surface area (Å²) in [6, 6.07) is 0. The Bertz CT molecular complexity index is 1350. The van der Waals surface area contributed by atoms with Crippen LogP contribution in [0.4, 0.5) is 0 Å². The summed E-state index contributed by atoms with van der Waals surface area (Å²) in [6.07, 6.45) is -4.71. The van der Waals surface area contributed by atoms with E-state index in [0.29, 0.717) is 5.57 Å². The molecule has 1 saturated carbocycles. The molecule has 0 bridgehead atoms.